The van der Waals surface area contributed by atoms with E-state index >= 15 is 0 Å². The minimum atomic E-state index is -0.0767. The fraction of sp³-hybridized carbons (Fsp3) is 0.143. The monoisotopic (exact) mass is 242 g/mol. The largest absolute Gasteiger partial charge is 0.392 e. The number of nitrogen functional groups attached to an aromatic ring is 1. The standard InChI is InChI=1S/C7H7BrN4O/c8-5-1-4(2-13)6-7(9)10-3-11-12(5)6/h1,3,13H,2H2,(H2,9,10,11). The van der Waals surface area contributed by atoms with Crippen LogP contribution in [0.15, 0.2) is 17.0 Å². The van der Waals surface area contributed by atoms with Gasteiger partial charge in [0.15, 0.2) is 5.82 Å². The highest BCUT2D eigenvalue weighted by molar-refractivity contribution is 9.10. The number of nitrogens with zero attached hydrogens (tertiary/aromatic N) is 3. The van der Waals surface area contributed by atoms with Gasteiger partial charge in [0.25, 0.3) is 0 Å². The first-order valence-corrected chi connectivity index (χ1v) is 4.41. The van der Waals surface area contributed by atoms with E-state index in [2.05, 4.69) is 26.0 Å². The predicted octanol–water partition coefficient (Wildman–Crippen LogP) is 0.566. The van der Waals surface area contributed by atoms with Crippen molar-refractivity contribution in [1.82, 2.24) is 14.6 Å². The number of aliphatic hydroxyl groups is 1. The molecule has 0 unspecified atom stereocenters. The highest BCUT2D eigenvalue weighted by Crippen LogP contribution is 2.23. The molecule has 2 heterocycles. The van der Waals surface area contributed by atoms with Gasteiger partial charge in [0.2, 0.25) is 0 Å². The Morgan fingerprint density at radius 3 is 3.08 bits per heavy atom. The van der Waals surface area contributed by atoms with Crippen LogP contribution in [0.2, 0.25) is 0 Å². The average Bonchev–Trinajstić information content (AvgIpc) is 2.45. The van der Waals surface area contributed by atoms with Gasteiger partial charge in [-0.15, -0.1) is 0 Å². The molecular weight excluding hydrogens is 236 g/mol. The minimum Gasteiger partial charge on any atom is -0.392 e. The van der Waals surface area contributed by atoms with E-state index in [1.54, 1.807) is 10.6 Å². The van der Waals surface area contributed by atoms with Crippen LogP contribution in [-0.4, -0.2) is 19.7 Å². The van der Waals surface area contributed by atoms with Crippen LogP contribution in [0.4, 0.5) is 5.82 Å². The van der Waals surface area contributed by atoms with Crippen LogP contribution in [-0.2, 0) is 6.61 Å². The summed E-state index contributed by atoms with van der Waals surface area (Å²) in [7, 11) is 0. The van der Waals surface area contributed by atoms with Crippen LogP contribution in [0.25, 0.3) is 5.52 Å². The van der Waals surface area contributed by atoms with Gasteiger partial charge in [0, 0.05) is 5.56 Å². The van der Waals surface area contributed by atoms with Gasteiger partial charge < -0.3 is 10.8 Å². The predicted molar refractivity (Wildman–Crippen MR) is 51.0 cm³/mol. The second kappa shape index (κ2) is 2.97. The zero-order valence-electron chi connectivity index (χ0n) is 6.61. The number of hydrogen-bond acceptors (Lipinski definition) is 4. The Hall–Kier alpha value is -1.14. The molecule has 0 aliphatic carbocycles. The maximum atomic E-state index is 9.03. The maximum Gasteiger partial charge on any atom is 0.151 e. The third-order valence-electron chi connectivity index (χ3n) is 1.79. The maximum absolute atomic E-state index is 9.03. The molecule has 5 nitrogen and oxygen atoms in total. The fourth-order valence-electron chi connectivity index (χ4n) is 1.22. The van der Waals surface area contributed by atoms with E-state index in [1.807, 2.05) is 0 Å². The molecule has 2 rings (SSSR count). The molecule has 0 aromatic carbocycles. The first kappa shape index (κ1) is 8.46. The fourth-order valence-corrected chi connectivity index (χ4v) is 1.77. The third-order valence-corrected chi connectivity index (χ3v) is 2.35. The van der Waals surface area contributed by atoms with E-state index in [0.717, 1.165) is 4.60 Å². The lowest BCUT2D eigenvalue weighted by atomic mass is 10.3. The quantitative estimate of drug-likeness (QED) is 0.767. The van der Waals surface area contributed by atoms with Gasteiger partial charge in [-0.3, -0.25) is 0 Å². The summed E-state index contributed by atoms with van der Waals surface area (Å²) < 4.78 is 2.34. The molecular formula is C7H7BrN4O. The Bertz CT molecular complexity index is 453. The van der Waals surface area contributed by atoms with Crippen molar-refractivity contribution in [3.8, 4) is 0 Å². The van der Waals surface area contributed by atoms with Crippen molar-refractivity contribution >= 4 is 27.3 Å². The van der Waals surface area contributed by atoms with Crippen molar-refractivity contribution in [2.45, 2.75) is 6.61 Å². The Morgan fingerprint density at radius 2 is 2.38 bits per heavy atom. The number of rotatable bonds is 1. The van der Waals surface area contributed by atoms with E-state index < -0.39 is 0 Å². The molecule has 2 aromatic heterocycles. The Labute approximate surface area is 82.3 Å². The van der Waals surface area contributed by atoms with Crippen molar-refractivity contribution in [3.63, 3.8) is 0 Å². The molecule has 0 atom stereocenters. The summed E-state index contributed by atoms with van der Waals surface area (Å²) in [6, 6.07) is 1.76. The molecule has 0 amide bonds. The normalized spacial score (nSPS) is 10.9. The second-order valence-electron chi connectivity index (χ2n) is 2.56. The molecule has 0 spiro atoms. The molecule has 0 radical (unpaired) electrons. The smallest absolute Gasteiger partial charge is 0.151 e. The summed E-state index contributed by atoms with van der Waals surface area (Å²) in [5.41, 5.74) is 7.00. The van der Waals surface area contributed by atoms with Gasteiger partial charge in [-0.2, -0.15) is 5.10 Å². The number of fused-ring (bicyclic) bond motifs is 1. The summed E-state index contributed by atoms with van der Waals surface area (Å²) in [6.07, 6.45) is 1.37. The lowest BCUT2D eigenvalue weighted by Gasteiger charge is -1.98. The van der Waals surface area contributed by atoms with Crippen molar-refractivity contribution < 1.29 is 5.11 Å². The molecule has 0 fully saturated rings. The van der Waals surface area contributed by atoms with Gasteiger partial charge in [-0.25, -0.2) is 9.50 Å². The van der Waals surface area contributed by atoms with Crippen molar-refractivity contribution in [3.05, 3.63) is 22.6 Å². The number of aromatic nitrogens is 3. The number of anilines is 1. The first-order valence-electron chi connectivity index (χ1n) is 3.61. The van der Waals surface area contributed by atoms with E-state index in [1.165, 1.54) is 6.33 Å². The summed E-state index contributed by atoms with van der Waals surface area (Å²) in [5, 5.41) is 13.0. The Kier molecular flexibility index (Phi) is 1.93. The topological polar surface area (TPSA) is 76.4 Å². The van der Waals surface area contributed by atoms with Crippen LogP contribution < -0.4 is 5.73 Å². The van der Waals surface area contributed by atoms with Crippen LogP contribution in [0.5, 0.6) is 0 Å². The van der Waals surface area contributed by atoms with Crippen molar-refractivity contribution in [1.29, 1.82) is 0 Å². The van der Waals surface area contributed by atoms with Gasteiger partial charge in [0.1, 0.15) is 16.4 Å². The van der Waals surface area contributed by atoms with Gasteiger partial charge >= 0.3 is 0 Å². The van der Waals surface area contributed by atoms with E-state index in [9.17, 15) is 0 Å². The van der Waals surface area contributed by atoms with Crippen LogP contribution in [0.3, 0.4) is 0 Å². The molecule has 0 aliphatic rings. The van der Waals surface area contributed by atoms with Crippen molar-refractivity contribution in [2.75, 3.05) is 5.73 Å². The van der Waals surface area contributed by atoms with Crippen LogP contribution in [0.1, 0.15) is 5.56 Å². The lowest BCUT2D eigenvalue weighted by Crippen LogP contribution is -2.00. The summed E-state index contributed by atoms with van der Waals surface area (Å²) in [4.78, 5) is 3.84. The Morgan fingerprint density at radius 1 is 1.62 bits per heavy atom. The molecule has 0 bridgehead atoms. The van der Waals surface area contributed by atoms with E-state index in [4.69, 9.17) is 10.8 Å². The minimum absolute atomic E-state index is 0.0767. The van der Waals surface area contributed by atoms with Crippen molar-refractivity contribution in [2.24, 2.45) is 0 Å². The molecule has 68 valence electrons. The molecule has 3 N–H and O–H groups in total. The van der Waals surface area contributed by atoms with E-state index in [-0.39, 0.29) is 6.61 Å². The number of hydrogen-bond donors (Lipinski definition) is 2. The first-order chi connectivity index (χ1) is 6.24. The third kappa shape index (κ3) is 1.18. The zero-order chi connectivity index (χ0) is 9.42. The highest BCUT2D eigenvalue weighted by Gasteiger charge is 2.10. The molecule has 0 aliphatic heterocycles. The molecule has 6 heteroatoms. The number of nitrogens with two attached hydrogens (primary N) is 1. The summed E-state index contributed by atoms with van der Waals surface area (Å²) in [5.74, 6) is 0.366. The second-order valence-corrected chi connectivity index (χ2v) is 3.37. The average molecular weight is 243 g/mol. The number of halogens is 1. The van der Waals surface area contributed by atoms with Gasteiger partial charge in [-0.1, -0.05) is 0 Å². The summed E-state index contributed by atoms with van der Waals surface area (Å²) in [6.45, 7) is -0.0767. The van der Waals surface area contributed by atoms with Crippen LogP contribution in [0, 0.1) is 0 Å². The van der Waals surface area contributed by atoms with E-state index in [0.29, 0.717) is 16.9 Å². The SMILES string of the molecule is Nc1ncnn2c(Br)cc(CO)c12. The highest BCUT2D eigenvalue weighted by atomic mass is 79.9. The zero-order valence-corrected chi connectivity index (χ0v) is 8.19. The number of aliphatic hydroxyl groups excluding tert-OH is 1. The molecule has 0 saturated heterocycles. The summed E-state index contributed by atoms with van der Waals surface area (Å²) >= 11 is 3.30. The molecule has 0 saturated carbocycles. The van der Waals surface area contributed by atoms with Crippen LogP contribution >= 0.6 is 15.9 Å². The van der Waals surface area contributed by atoms with Gasteiger partial charge in [-0.05, 0) is 22.0 Å². The Balaban J connectivity index is 2.89. The van der Waals surface area contributed by atoms with Gasteiger partial charge in [0.05, 0.1) is 6.61 Å². The molecule has 13 heavy (non-hydrogen) atoms. The lowest BCUT2D eigenvalue weighted by molar-refractivity contribution is 0.283. The molecule has 2 aromatic rings.